The van der Waals surface area contributed by atoms with Crippen LogP contribution in [0.25, 0.3) is 0 Å². The lowest BCUT2D eigenvalue weighted by Crippen LogP contribution is -2.47. The maximum atomic E-state index is 12.8. The number of nitrogens with zero attached hydrogens (tertiary/aromatic N) is 1. The van der Waals surface area contributed by atoms with Crippen molar-refractivity contribution >= 4 is 5.91 Å². The van der Waals surface area contributed by atoms with Crippen molar-refractivity contribution in [2.45, 2.75) is 26.2 Å². The van der Waals surface area contributed by atoms with E-state index >= 15 is 0 Å². The molecule has 2 aromatic carbocycles. The van der Waals surface area contributed by atoms with E-state index in [2.05, 4.69) is 19.1 Å². The van der Waals surface area contributed by atoms with Crippen molar-refractivity contribution in [1.29, 1.82) is 0 Å². The summed E-state index contributed by atoms with van der Waals surface area (Å²) in [5.74, 6) is 2.83. The topological polar surface area (TPSA) is 57.2 Å². The zero-order valence-electron chi connectivity index (χ0n) is 17.0. The van der Waals surface area contributed by atoms with E-state index in [0.29, 0.717) is 11.5 Å². The first-order valence-corrected chi connectivity index (χ1v) is 9.98. The predicted octanol–water partition coefficient (Wildman–Crippen LogP) is 3.67. The van der Waals surface area contributed by atoms with Gasteiger partial charge in [-0.1, -0.05) is 25.1 Å². The number of likely N-dealkylation sites (tertiary alicyclic amines) is 1. The van der Waals surface area contributed by atoms with Crippen molar-refractivity contribution in [3.05, 3.63) is 48.0 Å². The number of para-hydroxylation sites is 2. The number of benzene rings is 2. The van der Waals surface area contributed by atoms with E-state index in [9.17, 15) is 4.79 Å². The summed E-state index contributed by atoms with van der Waals surface area (Å²) in [5.41, 5.74) is 1.22. The van der Waals surface area contributed by atoms with Crippen LogP contribution in [0.3, 0.4) is 0 Å². The van der Waals surface area contributed by atoms with Gasteiger partial charge < -0.3 is 23.8 Å². The van der Waals surface area contributed by atoms with Crippen molar-refractivity contribution in [2.75, 3.05) is 33.6 Å². The number of fused-ring (bicyclic) bond motifs is 1. The SMILES string of the molecule is COc1ccccc1OCC(=O)N1CCCC(C)(Cc2ccc3c(c2)OCO3)C1. The summed E-state index contributed by atoms with van der Waals surface area (Å²) in [6, 6.07) is 13.5. The molecular formula is C23H27NO5. The van der Waals surface area contributed by atoms with E-state index < -0.39 is 0 Å². The summed E-state index contributed by atoms with van der Waals surface area (Å²) in [6.45, 7) is 4.03. The van der Waals surface area contributed by atoms with Crippen LogP contribution >= 0.6 is 0 Å². The highest BCUT2D eigenvalue weighted by molar-refractivity contribution is 5.78. The number of hydrogen-bond acceptors (Lipinski definition) is 5. The molecular weight excluding hydrogens is 370 g/mol. The van der Waals surface area contributed by atoms with Crippen LogP contribution in [0.15, 0.2) is 42.5 Å². The molecule has 6 heteroatoms. The first kappa shape index (κ1) is 19.4. The van der Waals surface area contributed by atoms with Gasteiger partial charge in [-0.15, -0.1) is 0 Å². The van der Waals surface area contributed by atoms with Gasteiger partial charge in [-0.25, -0.2) is 0 Å². The molecule has 1 unspecified atom stereocenters. The van der Waals surface area contributed by atoms with Gasteiger partial charge in [0.2, 0.25) is 6.79 Å². The maximum absolute atomic E-state index is 12.8. The largest absolute Gasteiger partial charge is 0.493 e. The van der Waals surface area contributed by atoms with Crippen LogP contribution in [0.2, 0.25) is 0 Å². The van der Waals surface area contributed by atoms with E-state index in [1.807, 2.05) is 35.2 Å². The molecule has 1 atom stereocenters. The Kier molecular flexibility index (Phi) is 5.51. The second-order valence-electron chi connectivity index (χ2n) is 8.03. The fourth-order valence-electron chi connectivity index (χ4n) is 4.19. The predicted molar refractivity (Wildman–Crippen MR) is 109 cm³/mol. The lowest BCUT2D eigenvalue weighted by molar-refractivity contribution is -0.136. The number of hydrogen-bond donors (Lipinski definition) is 0. The van der Waals surface area contributed by atoms with Crippen LogP contribution in [0.1, 0.15) is 25.3 Å². The monoisotopic (exact) mass is 397 g/mol. The Morgan fingerprint density at radius 2 is 1.93 bits per heavy atom. The Morgan fingerprint density at radius 3 is 2.76 bits per heavy atom. The van der Waals surface area contributed by atoms with Gasteiger partial charge in [0.05, 0.1) is 7.11 Å². The van der Waals surface area contributed by atoms with Crippen LogP contribution in [0.5, 0.6) is 23.0 Å². The minimum Gasteiger partial charge on any atom is -0.493 e. The highest BCUT2D eigenvalue weighted by atomic mass is 16.7. The van der Waals surface area contributed by atoms with Gasteiger partial charge in [0.1, 0.15) is 0 Å². The molecule has 0 aliphatic carbocycles. The molecule has 2 aliphatic heterocycles. The third-order valence-corrected chi connectivity index (χ3v) is 5.62. The van der Waals surface area contributed by atoms with Crippen molar-refractivity contribution < 1.29 is 23.7 Å². The second kappa shape index (κ2) is 8.23. The Hall–Kier alpha value is -2.89. The molecule has 6 nitrogen and oxygen atoms in total. The third kappa shape index (κ3) is 4.42. The minimum absolute atomic E-state index is 0.00696. The number of piperidine rings is 1. The standard InChI is InChI=1S/C23H27NO5/c1-23(13-17-8-9-20-21(12-17)29-16-28-20)10-5-11-24(15-23)22(25)14-27-19-7-4-3-6-18(19)26-2/h3-4,6-9,12H,5,10-11,13-16H2,1-2H3. The molecule has 2 aromatic rings. The van der Waals surface area contributed by atoms with E-state index in [1.165, 1.54) is 5.56 Å². The molecule has 29 heavy (non-hydrogen) atoms. The van der Waals surface area contributed by atoms with Gasteiger partial charge in [-0.2, -0.15) is 0 Å². The van der Waals surface area contributed by atoms with Crippen LogP contribution in [-0.4, -0.2) is 44.4 Å². The molecule has 0 saturated carbocycles. The molecule has 2 heterocycles. The molecule has 1 saturated heterocycles. The van der Waals surface area contributed by atoms with Crippen molar-refractivity contribution in [1.82, 2.24) is 4.90 Å². The minimum atomic E-state index is 0.00696. The molecule has 154 valence electrons. The lowest BCUT2D eigenvalue weighted by Gasteiger charge is -2.40. The van der Waals surface area contributed by atoms with Crippen molar-refractivity contribution in [2.24, 2.45) is 5.41 Å². The quantitative estimate of drug-likeness (QED) is 0.744. The first-order chi connectivity index (χ1) is 14.1. The molecule has 0 spiro atoms. The van der Waals surface area contributed by atoms with Crippen LogP contribution in [-0.2, 0) is 11.2 Å². The summed E-state index contributed by atoms with van der Waals surface area (Å²) in [5, 5.41) is 0. The number of ether oxygens (including phenoxy) is 4. The first-order valence-electron chi connectivity index (χ1n) is 9.98. The Balaban J connectivity index is 1.37. The Morgan fingerprint density at radius 1 is 1.14 bits per heavy atom. The maximum Gasteiger partial charge on any atom is 0.260 e. The summed E-state index contributed by atoms with van der Waals surface area (Å²) < 4.78 is 21.9. The average molecular weight is 397 g/mol. The fraction of sp³-hybridized carbons (Fsp3) is 0.435. The third-order valence-electron chi connectivity index (χ3n) is 5.62. The molecule has 2 aliphatic rings. The molecule has 0 N–H and O–H groups in total. The molecule has 1 amide bonds. The molecule has 0 bridgehead atoms. The molecule has 0 aromatic heterocycles. The molecule has 0 radical (unpaired) electrons. The number of carbonyl (C=O) groups excluding carboxylic acids is 1. The van der Waals surface area contributed by atoms with E-state index in [1.54, 1.807) is 7.11 Å². The normalized spacial score (nSPS) is 20.4. The zero-order chi connectivity index (χ0) is 20.3. The number of amides is 1. The van der Waals surface area contributed by atoms with Crippen LogP contribution in [0.4, 0.5) is 0 Å². The van der Waals surface area contributed by atoms with E-state index in [-0.39, 0.29) is 24.7 Å². The zero-order valence-corrected chi connectivity index (χ0v) is 17.0. The van der Waals surface area contributed by atoms with Gasteiger partial charge in [0.25, 0.3) is 5.91 Å². The second-order valence-corrected chi connectivity index (χ2v) is 8.03. The fourth-order valence-corrected chi connectivity index (χ4v) is 4.19. The Labute approximate surface area is 171 Å². The Bertz CT molecular complexity index is 883. The highest BCUT2D eigenvalue weighted by Gasteiger charge is 2.33. The van der Waals surface area contributed by atoms with Gasteiger partial charge in [0.15, 0.2) is 29.6 Å². The van der Waals surface area contributed by atoms with Gasteiger partial charge >= 0.3 is 0 Å². The average Bonchev–Trinajstić information content (AvgIpc) is 3.19. The van der Waals surface area contributed by atoms with E-state index in [0.717, 1.165) is 43.9 Å². The summed E-state index contributed by atoms with van der Waals surface area (Å²) >= 11 is 0. The van der Waals surface area contributed by atoms with E-state index in [4.69, 9.17) is 18.9 Å². The number of carbonyl (C=O) groups is 1. The van der Waals surface area contributed by atoms with Crippen molar-refractivity contribution in [3.63, 3.8) is 0 Å². The number of methoxy groups -OCH3 is 1. The van der Waals surface area contributed by atoms with Gasteiger partial charge in [-0.3, -0.25) is 4.79 Å². The lowest BCUT2D eigenvalue weighted by atomic mass is 9.77. The molecule has 1 fully saturated rings. The molecule has 4 rings (SSSR count). The van der Waals surface area contributed by atoms with Gasteiger partial charge in [0, 0.05) is 13.1 Å². The highest BCUT2D eigenvalue weighted by Crippen LogP contribution is 2.37. The smallest absolute Gasteiger partial charge is 0.260 e. The van der Waals surface area contributed by atoms with Crippen LogP contribution in [0, 0.1) is 5.41 Å². The number of rotatable bonds is 6. The van der Waals surface area contributed by atoms with Crippen LogP contribution < -0.4 is 18.9 Å². The van der Waals surface area contributed by atoms with Crippen molar-refractivity contribution in [3.8, 4) is 23.0 Å². The summed E-state index contributed by atoms with van der Waals surface area (Å²) in [7, 11) is 1.59. The summed E-state index contributed by atoms with van der Waals surface area (Å²) in [4.78, 5) is 14.7. The van der Waals surface area contributed by atoms with Gasteiger partial charge in [-0.05, 0) is 54.5 Å². The summed E-state index contributed by atoms with van der Waals surface area (Å²) in [6.07, 6.45) is 2.96.